The lowest BCUT2D eigenvalue weighted by atomic mass is 10.1. The van der Waals surface area contributed by atoms with Gasteiger partial charge in [0, 0.05) is 12.2 Å². The van der Waals surface area contributed by atoms with Crippen molar-refractivity contribution in [3.63, 3.8) is 0 Å². The first-order valence-corrected chi connectivity index (χ1v) is 6.75. The van der Waals surface area contributed by atoms with Gasteiger partial charge in [-0.3, -0.25) is 10.1 Å². The number of nitrogen functional groups attached to an aromatic ring is 1. The molecule has 0 aliphatic heterocycles. The Morgan fingerprint density at radius 1 is 1.50 bits per heavy atom. The number of nitrogens with two attached hydrogens (primary N) is 1. The van der Waals surface area contributed by atoms with E-state index in [1.54, 1.807) is 17.1 Å². The second-order valence-corrected chi connectivity index (χ2v) is 4.85. The Kier molecular flexibility index (Phi) is 3.14. The Hall–Kier alpha value is -2.37. The quantitative estimate of drug-likeness (QED) is 0.656. The number of aromatic nitrogens is 3. The molecule has 0 fully saturated rings. The van der Waals surface area contributed by atoms with Crippen molar-refractivity contribution in [3.05, 3.63) is 35.3 Å². The lowest BCUT2D eigenvalue weighted by molar-refractivity contribution is 0.458. The molecule has 2 aromatic heterocycles. The number of hydrogen-bond acceptors (Lipinski definition) is 4. The Bertz CT molecular complexity index is 662. The minimum Gasteiger partial charge on any atom is -0.435 e. The predicted octanol–water partition coefficient (Wildman–Crippen LogP) is 1.86. The van der Waals surface area contributed by atoms with Crippen LogP contribution in [0, 0.1) is 5.41 Å². The molecule has 2 aromatic rings. The number of amidine groups is 1. The molecule has 1 aliphatic rings. The van der Waals surface area contributed by atoms with Crippen molar-refractivity contribution in [2.24, 2.45) is 5.73 Å². The predicted molar refractivity (Wildman–Crippen MR) is 75.3 cm³/mol. The van der Waals surface area contributed by atoms with E-state index < -0.39 is 0 Å². The van der Waals surface area contributed by atoms with E-state index >= 15 is 0 Å². The summed E-state index contributed by atoms with van der Waals surface area (Å²) in [5, 5.41) is 11.8. The van der Waals surface area contributed by atoms with Crippen LogP contribution in [0.15, 0.2) is 18.5 Å². The SMILES string of the molecule is CCn1cc(Oc2nc3c(cc2C(=N)N)CCC3)cn1. The fraction of sp³-hybridized carbons (Fsp3) is 0.357. The Labute approximate surface area is 117 Å². The lowest BCUT2D eigenvalue weighted by Gasteiger charge is -2.10. The van der Waals surface area contributed by atoms with Gasteiger partial charge in [0.15, 0.2) is 5.75 Å². The van der Waals surface area contributed by atoms with Crippen LogP contribution in [0.25, 0.3) is 0 Å². The van der Waals surface area contributed by atoms with Crippen LogP contribution >= 0.6 is 0 Å². The fourth-order valence-electron chi connectivity index (χ4n) is 2.41. The molecule has 0 spiro atoms. The highest BCUT2D eigenvalue weighted by atomic mass is 16.5. The number of nitrogens with zero attached hydrogens (tertiary/aromatic N) is 3. The van der Waals surface area contributed by atoms with E-state index in [1.807, 2.05) is 13.0 Å². The van der Waals surface area contributed by atoms with Gasteiger partial charge in [0.25, 0.3) is 0 Å². The topological polar surface area (TPSA) is 89.8 Å². The van der Waals surface area contributed by atoms with Gasteiger partial charge in [-0.1, -0.05) is 0 Å². The van der Waals surface area contributed by atoms with Crippen LogP contribution in [-0.4, -0.2) is 20.6 Å². The molecule has 6 nitrogen and oxygen atoms in total. The third-order valence-electron chi connectivity index (χ3n) is 3.45. The standard InChI is InChI=1S/C14H17N5O/c1-2-19-8-10(7-17-19)20-14-11(13(15)16)6-9-4-3-5-12(9)18-14/h6-8H,2-5H2,1H3,(H3,15,16). The molecule has 6 heteroatoms. The molecule has 0 saturated heterocycles. The molecule has 0 radical (unpaired) electrons. The fourth-order valence-corrected chi connectivity index (χ4v) is 2.41. The van der Waals surface area contributed by atoms with Gasteiger partial charge >= 0.3 is 0 Å². The van der Waals surface area contributed by atoms with E-state index in [9.17, 15) is 0 Å². The Balaban J connectivity index is 1.97. The van der Waals surface area contributed by atoms with Crippen molar-refractivity contribution in [2.75, 3.05) is 0 Å². The highest BCUT2D eigenvalue weighted by molar-refractivity contribution is 5.97. The van der Waals surface area contributed by atoms with E-state index in [2.05, 4.69) is 10.1 Å². The van der Waals surface area contributed by atoms with Crippen molar-refractivity contribution in [3.8, 4) is 11.6 Å². The van der Waals surface area contributed by atoms with Crippen LogP contribution in [0.5, 0.6) is 11.6 Å². The third kappa shape index (κ3) is 2.24. The van der Waals surface area contributed by atoms with Crippen LogP contribution in [-0.2, 0) is 19.4 Å². The van der Waals surface area contributed by atoms with E-state index in [4.69, 9.17) is 15.9 Å². The summed E-state index contributed by atoms with van der Waals surface area (Å²) in [6, 6.07) is 1.93. The monoisotopic (exact) mass is 271 g/mol. The molecule has 0 saturated carbocycles. The zero-order chi connectivity index (χ0) is 14.1. The summed E-state index contributed by atoms with van der Waals surface area (Å²) in [5.74, 6) is 0.985. The average molecular weight is 271 g/mol. The van der Waals surface area contributed by atoms with E-state index in [0.717, 1.165) is 31.5 Å². The maximum atomic E-state index is 7.68. The van der Waals surface area contributed by atoms with Crippen LogP contribution < -0.4 is 10.5 Å². The molecule has 0 amide bonds. The Morgan fingerprint density at radius 3 is 3.05 bits per heavy atom. The molecule has 0 atom stereocenters. The maximum Gasteiger partial charge on any atom is 0.230 e. The minimum absolute atomic E-state index is 0.0231. The minimum atomic E-state index is -0.0231. The van der Waals surface area contributed by atoms with Crippen molar-refractivity contribution < 1.29 is 4.74 Å². The Morgan fingerprint density at radius 2 is 2.35 bits per heavy atom. The number of fused-ring (bicyclic) bond motifs is 1. The molecular formula is C14H17N5O. The van der Waals surface area contributed by atoms with Gasteiger partial charge < -0.3 is 10.5 Å². The molecule has 0 bridgehead atoms. The van der Waals surface area contributed by atoms with Crippen molar-refractivity contribution >= 4 is 5.84 Å². The number of ether oxygens (including phenoxy) is 1. The molecule has 1 aliphatic carbocycles. The number of rotatable bonds is 4. The highest BCUT2D eigenvalue weighted by Gasteiger charge is 2.19. The van der Waals surface area contributed by atoms with Gasteiger partial charge in [0.1, 0.15) is 5.84 Å². The summed E-state index contributed by atoms with van der Waals surface area (Å²) in [6.07, 6.45) is 6.49. The molecular weight excluding hydrogens is 254 g/mol. The van der Waals surface area contributed by atoms with Gasteiger partial charge in [0.05, 0.1) is 18.0 Å². The van der Waals surface area contributed by atoms with Gasteiger partial charge in [-0.05, 0) is 37.8 Å². The molecule has 3 N–H and O–H groups in total. The van der Waals surface area contributed by atoms with Crippen molar-refractivity contribution in [1.82, 2.24) is 14.8 Å². The summed E-state index contributed by atoms with van der Waals surface area (Å²) < 4.78 is 7.54. The number of hydrogen-bond donors (Lipinski definition) is 2. The van der Waals surface area contributed by atoms with Gasteiger partial charge in [-0.15, -0.1) is 0 Å². The molecule has 104 valence electrons. The lowest BCUT2D eigenvalue weighted by Crippen LogP contribution is -2.14. The molecule has 3 rings (SSSR count). The third-order valence-corrected chi connectivity index (χ3v) is 3.45. The van der Waals surface area contributed by atoms with Crippen molar-refractivity contribution in [1.29, 1.82) is 5.41 Å². The first-order valence-electron chi connectivity index (χ1n) is 6.75. The maximum absolute atomic E-state index is 7.68. The number of nitrogens with one attached hydrogen (secondary N) is 1. The van der Waals surface area contributed by atoms with E-state index in [1.165, 1.54) is 5.56 Å². The molecule has 0 aromatic carbocycles. The number of aryl methyl sites for hydroxylation is 3. The zero-order valence-electron chi connectivity index (χ0n) is 11.4. The van der Waals surface area contributed by atoms with Gasteiger partial charge in [0.2, 0.25) is 5.88 Å². The van der Waals surface area contributed by atoms with Crippen LogP contribution in [0.1, 0.15) is 30.2 Å². The van der Waals surface area contributed by atoms with Gasteiger partial charge in [-0.25, -0.2) is 4.98 Å². The molecule has 20 heavy (non-hydrogen) atoms. The van der Waals surface area contributed by atoms with E-state index in [-0.39, 0.29) is 5.84 Å². The zero-order valence-corrected chi connectivity index (χ0v) is 11.4. The van der Waals surface area contributed by atoms with Crippen molar-refractivity contribution in [2.45, 2.75) is 32.7 Å². The largest absolute Gasteiger partial charge is 0.435 e. The van der Waals surface area contributed by atoms with Gasteiger partial charge in [-0.2, -0.15) is 5.10 Å². The second-order valence-electron chi connectivity index (χ2n) is 4.85. The number of pyridine rings is 1. The normalized spacial score (nSPS) is 13.2. The summed E-state index contributed by atoms with van der Waals surface area (Å²) in [7, 11) is 0. The second kappa shape index (κ2) is 4.96. The van der Waals surface area contributed by atoms with E-state index in [0.29, 0.717) is 17.2 Å². The molecule has 0 unspecified atom stereocenters. The highest BCUT2D eigenvalue weighted by Crippen LogP contribution is 2.29. The molecule has 2 heterocycles. The average Bonchev–Trinajstić information content (AvgIpc) is 3.05. The smallest absolute Gasteiger partial charge is 0.230 e. The first kappa shape index (κ1) is 12.7. The first-order chi connectivity index (χ1) is 9.67. The summed E-state index contributed by atoms with van der Waals surface area (Å²) in [5.41, 5.74) is 8.41. The summed E-state index contributed by atoms with van der Waals surface area (Å²) in [6.45, 7) is 2.78. The summed E-state index contributed by atoms with van der Waals surface area (Å²) in [4.78, 5) is 4.52. The van der Waals surface area contributed by atoms with Crippen LogP contribution in [0.3, 0.4) is 0 Å². The summed E-state index contributed by atoms with van der Waals surface area (Å²) >= 11 is 0. The van der Waals surface area contributed by atoms with Crippen LogP contribution in [0.4, 0.5) is 0 Å². The van der Waals surface area contributed by atoms with Crippen LogP contribution in [0.2, 0.25) is 0 Å².